The van der Waals surface area contributed by atoms with Gasteiger partial charge in [0.2, 0.25) is 0 Å². The van der Waals surface area contributed by atoms with Crippen LogP contribution in [0.2, 0.25) is 0 Å². The molecule has 0 fully saturated rings. The van der Waals surface area contributed by atoms with Gasteiger partial charge in [-0.1, -0.05) is 31.5 Å². The van der Waals surface area contributed by atoms with Gasteiger partial charge >= 0.3 is 0 Å². The summed E-state index contributed by atoms with van der Waals surface area (Å²) in [6, 6.07) is 19.1. The molecular formula is C24H25N3O2S. The highest BCUT2D eigenvalue weighted by molar-refractivity contribution is 7.80. The van der Waals surface area contributed by atoms with Gasteiger partial charge in [0.15, 0.2) is 5.11 Å². The van der Waals surface area contributed by atoms with Crippen LogP contribution in [-0.2, 0) is 6.42 Å². The smallest absolute Gasteiger partial charge is 0.257 e. The molecular weight excluding hydrogens is 394 g/mol. The van der Waals surface area contributed by atoms with Crippen LogP contribution in [-0.4, -0.2) is 22.6 Å². The largest absolute Gasteiger partial charge is 0.494 e. The molecule has 0 aliphatic rings. The average Bonchev–Trinajstić information content (AvgIpc) is 2.76. The number of hydrogen-bond donors (Lipinski definition) is 2. The number of aromatic nitrogens is 1. The van der Waals surface area contributed by atoms with E-state index in [-0.39, 0.29) is 11.0 Å². The van der Waals surface area contributed by atoms with E-state index < -0.39 is 0 Å². The van der Waals surface area contributed by atoms with E-state index in [2.05, 4.69) is 22.5 Å². The SMILES string of the molecule is CCCCOc1cccc(C(=O)NC(=S)Nc2ccc(Cc3ccncc3)cc2)c1. The molecule has 1 aromatic heterocycles. The zero-order valence-electron chi connectivity index (χ0n) is 16.9. The Kier molecular flexibility index (Phi) is 7.92. The lowest BCUT2D eigenvalue weighted by molar-refractivity contribution is 0.0977. The number of carbonyl (C=O) groups is 1. The first-order valence-electron chi connectivity index (χ1n) is 9.97. The van der Waals surface area contributed by atoms with E-state index >= 15 is 0 Å². The minimum absolute atomic E-state index is 0.249. The Morgan fingerprint density at radius 3 is 2.50 bits per heavy atom. The van der Waals surface area contributed by atoms with Crippen LogP contribution in [0.4, 0.5) is 5.69 Å². The van der Waals surface area contributed by atoms with E-state index in [1.807, 2.05) is 42.5 Å². The van der Waals surface area contributed by atoms with Crippen molar-refractivity contribution in [1.82, 2.24) is 10.3 Å². The number of pyridine rings is 1. The summed E-state index contributed by atoms with van der Waals surface area (Å²) in [5.74, 6) is 0.405. The number of benzene rings is 2. The van der Waals surface area contributed by atoms with Crippen molar-refractivity contribution < 1.29 is 9.53 Å². The predicted octanol–water partition coefficient (Wildman–Crippen LogP) is 4.98. The van der Waals surface area contributed by atoms with Crippen molar-refractivity contribution in [3.8, 4) is 5.75 Å². The molecule has 154 valence electrons. The highest BCUT2D eigenvalue weighted by Crippen LogP contribution is 2.15. The summed E-state index contributed by atoms with van der Waals surface area (Å²) in [7, 11) is 0. The van der Waals surface area contributed by atoms with Gasteiger partial charge in [-0.05, 0) is 78.7 Å². The zero-order valence-corrected chi connectivity index (χ0v) is 17.7. The van der Waals surface area contributed by atoms with Gasteiger partial charge in [0.25, 0.3) is 5.91 Å². The molecule has 3 rings (SSSR count). The topological polar surface area (TPSA) is 63.2 Å². The lowest BCUT2D eigenvalue weighted by Gasteiger charge is -2.11. The van der Waals surface area contributed by atoms with E-state index in [1.165, 1.54) is 11.1 Å². The Morgan fingerprint density at radius 2 is 1.77 bits per heavy atom. The minimum Gasteiger partial charge on any atom is -0.494 e. The Balaban J connectivity index is 1.52. The van der Waals surface area contributed by atoms with Gasteiger partial charge in [0.05, 0.1) is 6.61 Å². The number of rotatable bonds is 8. The van der Waals surface area contributed by atoms with Gasteiger partial charge in [-0.2, -0.15) is 0 Å². The molecule has 30 heavy (non-hydrogen) atoms. The Morgan fingerprint density at radius 1 is 1.03 bits per heavy atom. The normalized spacial score (nSPS) is 10.3. The standard InChI is InChI=1S/C24H25N3O2S/c1-2-3-15-29-22-6-4-5-20(17-22)23(28)27-24(30)26-21-9-7-18(8-10-21)16-19-11-13-25-14-12-19/h4-14,17H,2-3,15-16H2,1H3,(H2,26,27,28,30). The maximum absolute atomic E-state index is 12.5. The Hall–Kier alpha value is -3.25. The van der Waals surface area contributed by atoms with E-state index in [0.29, 0.717) is 17.9 Å². The van der Waals surface area contributed by atoms with Crippen LogP contribution in [0.15, 0.2) is 73.1 Å². The maximum atomic E-state index is 12.5. The molecule has 0 saturated carbocycles. The number of ether oxygens (including phenoxy) is 1. The first kappa shape index (κ1) is 21.5. The number of unbranched alkanes of at least 4 members (excludes halogenated alkanes) is 1. The monoisotopic (exact) mass is 419 g/mol. The molecule has 2 N–H and O–H groups in total. The lowest BCUT2D eigenvalue weighted by atomic mass is 10.1. The third-order valence-electron chi connectivity index (χ3n) is 4.46. The minimum atomic E-state index is -0.275. The van der Waals surface area contributed by atoms with Crippen molar-refractivity contribution in [3.05, 3.63) is 89.7 Å². The summed E-state index contributed by atoms with van der Waals surface area (Å²) in [6.45, 7) is 2.74. The molecule has 0 radical (unpaired) electrons. The third-order valence-corrected chi connectivity index (χ3v) is 4.66. The fourth-order valence-electron chi connectivity index (χ4n) is 2.84. The molecule has 3 aromatic rings. The average molecular weight is 420 g/mol. The van der Waals surface area contributed by atoms with Crippen LogP contribution in [0, 0.1) is 0 Å². The molecule has 0 aliphatic carbocycles. The molecule has 0 bridgehead atoms. The summed E-state index contributed by atoms with van der Waals surface area (Å²) < 4.78 is 5.66. The van der Waals surface area contributed by atoms with Crippen molar-refractivity contribution in [3.63, 3.8) is 0 Å². The van der Waals surface area contributed by atoms with Crippen molar-refractivity contribution in [1.29, 1.82) is 0 Å². The molecule has 5 nitrogen and oxygen atoms in total. The van der Waals surface area contributed by atoms with Crippen molar-refractivity contribution in [2.24, 2.45) is 0 Å². The number of carbonyl (C=O) groups excluding carboxylic acids is 1. The number of anilines is 1. The molecule has 1 heterocycles. The van der Waals surface area contributed by atoms with Gasteiger partial charge in [-0.25, -0.2) is 0 Å². The molecule has 0 atom stereocenters. The lowest BCUT2D eigenvalue weighted by Crippen LogP contribution is -2.34. The van der Waals surface area contributed by atoms with Crippen molar-refractivity contribution in [2.75, 3.05) is 11.9 Å². The maximum Gasteiger partial charge on any atom is 0.257 e. The van der Waals surface area contributed by atoms with Gasteiger partial charge in [0, 0.05) is 23.6 Å². The van der Waals surface area contributed by atoms with Crippen LogP contribution in [0.3, 0.4) is 0 Å². The molecule has 1 amide bonds. The van der Waals surface area contributed by atoms with E-state index in [1.54, 1.807) is 30.6 Å². The fraction of sp³-hybridized carbons (Fsp3) is 0.208. The van der Waals surface area contributed by atoms with E-state index in [4.69, 9.17) is 17.0 Å². The summed E-state index contributed by atoms with van der Waals surface area (Å²) in [5.41, 5.74) is 3.70. The van der Waals surface area contributed by atoms with E-state index in [9.17, 15) is 4.79 Å². The number of hydrogen-bond acceptors (Lipinski definition) is 4. The van der Waals surface area contributed by atoms with Crippen molar-refractivity contribution in [2.45, 2.75) is 26.2 Å². The van der Waals surface area contributed by atoms with Gasteiger partial charge in [-0.15, -0.1) is 0 Å². The highest BCUT2D eigenvalue weighted by Gasteiger charge is 2.09. The second-order valence-electron chi connectivity index (χ2n) is 6.87. The third kappa shape index (κ3) is 6.67. The van der Waals surface area contributed by atoms with Crippen molar-refractivity contribution >= 4 is 28.9 Å². The summed E-state index contributed by atoms with van der Waals surface area (Å²) >= 11 is 5.29. The van der Waals surface area contributed by atoms with Crippen LogP contribution in [0.1, 0.15) is 41.3 Å². The Bertz CT molecular complexity index is 975. The second-order valence-corrected chi connectivity index (χ2v) is 7.28. The number of amides is 1. The van der Waals surface area contributed by atoms with Crippen LogP contribution in [0.25, 0.3) is 0 Å². The van der Waals surface area contributed by atoms with Crippen LogP contribution in [0.5, 0.6) is 5.75 Å². The Labute approximate surface area is 182 Å². The molecule has 6 heteroatoms. The second kappa shape index (κ2) is 11.1. The summed E-state index contributed by atoms with van der Waals surface area (Å²) in [6.07, 6.45) is 6.45. The molecule has 2 aromatic carbocycles. The number of nitrogens with zero attached hydrogens (tertiary/aromatic N) is 1. The molecule has 0 saturated heterocycles. The number of nitrogens with one attached hydrogen (secondary N) is 2. The number of thiocarbonyl (C=S) groups is 1. The van der Waals surface area contributed by atoms with Gasteiger partial charge < -0.3 is 10.1 Å². The molecule has 0 unspecified atom stereocenters. The fourth-order valence-corrected chi connectivity index (χ4v) is 3.05. The molecule has 0 spiro atoms. The zero-order chi connectivity index (χ0) is 21.2. The van der Waals surface area contributed by atoms with Gasteiger partial charge in [0.1, 0.15) is 5.75 Å². The van der Waals surface area contributed by atoms with Crippen LogP contribution < -0.4 is 15.4 Å². The molecule has 0 aliphatic heterocycles. The quantitative estimate of drug-likeness (QED) is 0.398. The van der Waals surface area contributed by atoms with E-state index in [0.717, 1.165) is 24.9 Å². The highest BCUT2D eigenvalue weighted by atomic mass is 32.1. The van der Waals surface area contributed by atoms with Gasteiger partial charge in [-0.3, -0.25) is 15.1 Å². The predicted molar refractivity (Wildman–Crippen MR) is 124 cm³/mol. The van der Waals surface area contributed by atoms with Crippen LogP contribution >= 0.6 is 12.2 Å². The first-order valence-corrected chi connectivity index (χ1v) is 10.4. The summed E-state index contributed by atoms with van der Waals surface area (Å²) in [5, 5.41) is 6.01. The first-order chi connectivity index (χ1) is 14.6. The summed E-state index contributed by atoms with van der Waals surface area (Å²) in [4.78, 5) is 16.5.